The Morgan fingerprint density at radius 3 is 2.53 bits per heavy atom. The predicted molar refractivity (Wildman–Crippen MR) is 63.6 cm³/mol. The summed E-state index contributed by atoms with van der Waals surface area (Å²) in [5, 5.41) is 10.1. The van der Waals surface area contributed by atoms with E-state index >= 15 is 0 Å². The second kappa shape index (κ2) is 6.57. The largest absolute Gasteiger partial charge is 0.497 e. The summed E-state index contributed by atoms with van der Waals surface area (Å²) in [6.45, 7) is 1.99. The molecule has 0 amide bonds. The third kappa shape index (κ3) is 3.41. The highest BCUT2D eigenvalue weighted by atomic mass is 19.1. The molecule has 1 rings (SSSR count). The summed E-state index contributed by atoms with van der Waals surface area (Å²) in [7, 11) is 2.99. The van der Waals surface area contributed by atoms with Crippen molar-refractivity contribution in [3.8, 4) is 5.75 Å². The first-order chi connectivity index (χ1) is 8.13. The first-order valence-electron chi connectivity index (χ1n) is 5.68. The van der Waals surface area contributed by atoms with Crippen molar-refractivity contribution in [2.75, 3.05) is 14.2 Å². The Balaban J connectivity index is 2.90. The fraction of sp³-hybridized carbons (Fsp3) is 0.538. The molecular formula is C13H19FO3. The van der Waals surface area contributed by atoms with E-state index in [2.05, 4.69) is 0 Å². The fourth-order valence-corrected chi connectivity index (χ4v) is 1.76. The van der Waals surface area contributed by atoms with Crippen LogP contribution in [0.5, 0.6) is 5.75 Å². The van der Waals surface area contributed by atoms with Crippen molar-refractivity contribution < 1.29 is 19.0 Å². The molecule has 0 saturated carbocycles. The Bertz CT molecular complexity index is 355. The lowest BCUT2D eigenvalue weighted by atomic mass is 10.0. The zero-order valence-electron chi connectivity index (χ0n) is 10.4. The summed E-state index contributed by atoms with van der Waals surface area (Å²) in [5.41, 5.74) is 0.242. The van der Waals surface area contributed by atoms with Gasteiger partial charge in [-0.2, -0.15) is 0 Å². The third-order valence-electron chi connectivity index (χ3n) is 2.75. The molecule has 17 heavy (non-hydrogen) atoms. The topological polar surface area (TPSA) is 38.7 Å². The number of ether oxygens (including phenoxy) is 2. The van der Waals surface area contributed by atoms with E-state index in [0.717, 1.165) is 6.42 Å². The molecule has 0 heterocycles. The van der Waals surface area contributed by atoms with E-state index in [1.807, 2.05) is 6.92 Å². The van der Waals surface area contributed by atoms with Gasteiger partial charge in [0.2, 0.25) is 0 Å². The molecule has 1 N–H and O–H groups in total. The Kier molecular flexibility index (Phi) is 5.38. The molecule has 0 aliphatic heterocycles. The Morgan fingerprint density at radius 1 is 1.35 bits per heavy atom. The molecule has 1 aromatic rings. The van der Waals surface area contributed by atoms with E-state index in [4.69, 9.17) is 9.47 Å². The third-order valence-corrected chi connectivity index (χ3v) is 2.75. The lowest BCUT2D eigenvalue weighted by Gasteiger charge is -2.22. The van der Waals surface area contributed by atoms with Crippen molar-refractivity contribution in [2.45, 2.75) is 32.0 Å². The number of hydrogen-bond acceptors (Lipinski definition) is 3. The number of rotatable bonds is 6. The number of aliphatic hydroxyl groups is 1. The van der Waals surface area contributed by atoms with Crippen LogP contribution in [0.2, 0.25) is 0 Å². The van der Waals surface area contributed by atoms with Crippen molar-refractivity contribution in [3.05, 3.63) is 29.6 Å². The minimum atomic E-state index is -0.953. The van der Waals surface area contributed by atoms with Crippen molar-refractivity contribution >= 4 is 0 Å². The molecule has 0 fully saturated rings. The normalized spacial score (nSPS) is 14.4. The van der Waals surface area contributed by atoms with E-state index in [1.165, 1.54) is 26.4 Å². The number of halogens is 1. The molecule has 0 saturated heterocycles. The SMILES string of the molecule is CCCC(OC)C(O)c1ccc(OC)cc1F. The average molecular weight is 242 g/mol. The zero-order valence-corrected chi connectivity index (χ0v) is 10.4. The van der Waals surface area contributed by atoms with Crippen LogP contribution in [-0.4, -0.2) is 25.4 Å². The van der Waals surface area contributed by atoms with Gasteiger partial charge in [0.1, 0.15) is 17.7 Å². The van der Waals surface area contributed by atoms with E-state index in [0.29, 0.717) is 12.2 Å². The fourth-order valence-electron chi connectivity index (χ4n) is 1.76. The van der Waals surface area contributed by atoms with Crippen LogP contribution in [0.1, 0.15) is 31.4 Å². The molecule has 96 valence electrons. The van der Waals surface area contributed by atoms with Crippen molar-refractivity contribution in [1.29, 1.82) is 0 Å². The molecule has 4 heteroatoms. The van der Waals surface area contributed by atoms with Gasteiger partial charge < -0.3 is 14.6 Å². The van der Waals surface area contributed by atoms with Gasteiger partial charge in [-0.25, -0.2) is 4.39 Å². The molecule has 2 unspecified atom stereocenters. The lowest BCUT2D eigenvalue weighted by Crippen LogP contribution is -2.21. The Labute approximate surface area is 101 Å². The lowest BCUT2D eigenvalue weighted by molar-refractivity contribution is -0.0195. The minimum absolute atomic E-state index is 0.242. The van der Waals surface area contributed by atoms with Crippen LogP contribution >= 0.6 is 0 Å². The summed E-state index contributed by atoms with van der Waals surface area (Å²) < 4.78 is 23.8. The van der Waals surface area contributed by atoms with E-state index in [1.54, 1.807) is 6.07 Å². The second-order valence-corrected chi connectivity index (χ2v) is 3.90. The highest BCUT2D eigenvalue weighted by molar-refractivity contribution is 5.30. The van der Waals surface area contributed by atoms with Gasteiger partial charge in [0.25, 0.3) is 0 Å². The maximum absolute atomic E-state index is 13.7. The van der Waals surface area contributed by atoms with Crippen LogP contribution < -0.4 is 4.74 Å². The van der Waals surface area contributed by atoms with Crippen LogP contribution in [-0.2, 0) is 4.74 Å². The predicted octanol–water partition coefficient (Wildman–Crippen LogP) is 2.68. The monoisotopic (exact) mass is 242 g/mol. The van der Waals surface area contributed by atoms with E-state index < -0.39 is 11.9 Å². The van der Waals surface area contributed by atoms with Crippen LogP contribution in [0.3, 0.4) is 0 Å². The standard InChI is InChI=1S/C13H19FO3/c1-4-5-12(17-3)13(15)10-7-6-9(16-2)8-11(10)14/h6-8,12-13,15H,4-5H2,1-3H3. The number of benzene rings is 1. The summed E-state index contributed by atoms with van der Waals surface area (Å²) in [6, 6.07) is 4.41. The smallest absolute Gasteiger partial charge is 0.132 e. The van der Waals surface area contributed by atoms with Gasteiger partial charge in [-0.3, -0.25) is 0 Å². The summed E-state index contributed by atoms with van der Waals surface area (Å²) in [6.07, 6.45) is 0.213. The highest BCUT2D eigenvalue weighted by Gasteiger charge is 2.22. The van der Waals surface area contributed by atoms with Gasteiger partial charge >= 0.3 is 0 Å². The quantitative estimate of drug-likeness (QED) is 0.833. The Hall–Kier alpha value is -1.13. The first-order valence-corrected chi connectivity index (χ1v) is 5.68. The number of methoxy groups -OCH3 is 2. The van der Waals surface area contributed by atoms with E-state index in [9.17, 15) is 9.50 Å². The van der Waals surface area contributed by atoms with Gasteiger partial charge in [-0.1, -0.05) is 13.3 Å². The van der Waals surface area contributed by atoms with Gasteiger partial charge in [0, 0.05) is 18.7 Å². The van der Waals surface area contributed by atoms with Crippen molar-refractivity contribution in [3.63, 3.8) is 0 Å². The molecule has 0 radical (unpaired) electrons. The van der Waals surface area contributed by atoms with Crippen LogP contribution in [0.15, 0.2) is 18.2 Å². The van der Waals surface area contributed by atoms with Gasteiger partial charge in [-0.05, 0) is 18.6 Å². The van der Waals surface area contributed by atoms with E-state index in [-0.39, 0.29) is 11.7 Å². The molecule has 0 aromatic heterocycles. The van der Waals surface area contributed by atoms with Gasteiger partial charge in [-0.15, -0.1) is 0 Å². The zero-order chi connectivity index (χ0) is 12.8. The number of hydrogen-bond donors (Lipinski definition) is 1. The van der Waals surface area contributed by atoms with Gasteiger partial charge in [0.15, 0.2) is 0 Å². The van der Waals surface area contributed by atoms with Crippen molar-refractivity contribution in [1.82, 2.24) is 0 Å². The second-order valence-electron chi connectivity index (χ2n) is 3.90. The molecular weight excluding hydrogens is 223 g/mol. The Morgan fingerprint density at radius 2 is 2.06 bits per heavy atom. The highest BCUT2D eigenvalue weighted by Crippen LogP contribution is 2.26. The molecule has 0 bridgehead atoms. The van der Waals surface area contributed by atoms with Crippen LogP contribution in [0.25, 0.3) is 0 Å². The van der Waals surface area contributed by atoms with Crippen LogP contribution in [0.4, 0.5) is 4.39 Å². The number of aliphatic hydroxyl groups excluding tert-OH is 1. The molecule has 3 nitrogen and oxygen atoms in total. The summed E-state index contributed by atoms with van der Waals surface area (Å²) in [4.78, 5) is 0. The van der Waals surface area contributed by atoms with Crippen LogP contribution in [0, 0.1) is 5.82 Å². The van der Waals surface area contributed by atoms with Crippen molar-refractivity contribution in [2.24, 2.45) is 0 Å². The summed E-state index contributed by atoms with van der Waals surface area (Å²) >= 11 is 0. The molecule has 2 atom stereocenters. The average Bonchev–Trinajstić information content (AvgIpc) is 2.35. The molecule has 0 aliphatic carbocycles. The maximum Gasteiger partial charge on any atom is 0.132 e. The molecule has 0 spiro atoms. The molecule has 0 aliphatic rings. The van der Waals surface area contributed by atoms with Gasteiger partial charge in [0.05, 0.1) is 13.2 Å². The molecule has 1 aromatic carbocycles. The maximum atomic E-state index is 13.7. The first kappa shape index (κ1) is 13.9. The minimum Gasteiger partial charge on any atom is -0.497 e. The summed E-state index contributed by atoms with van der Waals surface area (Å²) in [5.74, 6) is -0.0436.